The van der Waals surface area contributed by atoms with Crippen molar-refractivity contribution in [1.82, 2.24) is 18.7 Å². The zero-order valence-corrected chi connectivity index (χ0v) is 13.1. The van der Waals surface area contributed by atoms with Gasteiger partial charge in [-0.05, 0) is 5.92 Å². The predicted molar refractivity (Wildman–Crippen MR) is 82.5 cm³/mol. The molecule has 0 aliphatic heterocycles. The number of nitrogens with two attached hydrogens (primary N) is 1. The first-order valence-electron chi connectivity index (χ1n) is 7.31. The summed E-state index contributed by atoms with van der Waals surface area (Å²) < 4.78 is 4.59. The minimum atomic E-state index is -0.326. The Balaban J connectivity index is 2.91. The van der Waals surface area contributed by atoms with E-state index in [-0.39, 0.29) is 30.3 Å². The molecule has 0 aliphatic rings. The van der Waals surface area contributed by atoms with Crippen molar-refractivity contribution in [1.29, 1.82) is 0 Å². The van der Waals surface area contributed by atoms with Gasteiger partial charge in [0.2, 0.25) is 0 Å². The third kappa shape index (κ3) is 2.53. The van der Waals surface area contributed by atoms with Gasteiger partial charge in [-0.2, -0.15) is 0 Å². The summed E-state index contributed by atoms with van der Waals surface area (Å²) in [6.45, 7) is 7.03. The van der Waals surface area contributed by atoms with Gasteiger partial charge in [0, 0.05) is 33.1 Å². The van der Waals surface area contributed by atoms with Gasteiger partial charge >= 0.3 is 5.69 Å². The molecule has 7 heteroatoms. The highest BCUT2D eigenvalue weighted by molar-refractivity contribution is 5.71. The van der Waals surface area contributed by atoms with Crippen LogP contribution >= 0.6 is 0 Å². The summed E-state index contributed by atoms with van der Waals surface area (Å²) in [5.41, 5.74) is 5.85. The highest BCUT2D eigenvalue weighted by Gasteiger charge is 2.19. The second-order valence-electron chi connectivity index (χ2n) is 5.65. The van der Waals surface area contributed by atoms with Crippen molar-refractivity contribution in [2.45, 2.75) is 40.3 Å². The minimum absolute atomic E-state index is 0.221. The summed E-state index contributed by atoms with van der Waals surface area (Å²) in [6, 6.07) is 0. The van der Waals surface area contributed by atoms with E-state index in [2.05, 4.69) is 4.98 Å². The van der Waals surface area contributed by atoms with E-state index in [0.29, 0.717) is 24.1 Å². The third-order valence-corrected chi connectivity index (χ3v) is 3.55. The monoisotopic (exact) mass is 293 g/mol. The maximum Gasteiger partial charge on any atom is 0.332 e. The molecule has 0 radical (unpaired) electrons. The molecule has 2 aromatic rings. The molecule has 0 aromatic carbocycles. The van der Waals surface area contributed by atoms with Crippen molar-refractivity contribution in [2.75, 3.05) is 6.54 Å². The summed E-state index contributed by atoms with van der Waals surface area (Å²) >= 11 is 0. The Kier molecular flexibility index (Phi) is 4.32. The standard InChI is InChI=1S/C14H23N5O2/c1-5-10-16-12-11(17(10)4)13(20)18(7-6-15)14(21)19(12)8-9(2)3/h9H,5-8,15H2,1-4H3. The van der Waals surface area contributed by atoms with E-state index in [1.807, 2.05) is 27.8 Å². The molecule has 0 amide bonds. The van der Waals surface area contributed by atoms with Crippen LogP contribution in [0.15, 0.2) is 9.59 Å². The molecule has 0 saturated heterocycles. The molecule has 0 saturated carbocycles. The molecule has 0 unspecified atom stereocenters. The van der Waals surface area contributed by atoms with Gasteiger partial charge in [0.15, 0.2) is 11.2 Å². The molecule has 2 heterocycles. The fourth-order valence-electron chi connectivity index (χ4n) is 2.58. The number of hydrogen-bond donors (Lipinski definition) is 1. The Morgan fingerprint density at radius 2 is 1.90 bits per heavy atom. The van der Waals surface area contributed by atoms with Crippen LogP contribution in [0.2, 0.25) is 0 Å². The van der Waals surface area contributed by atoms with Gasteiger partial charge in [-0.25, -0.2) is 9.78 Å². The van der Waals surface area contributed by atoms with Crippen molar-refractivity contribution in [2.24, 2.45) is 18.7 Å². The van der Waals surface area contributed by atoms with Crippen LogP contribution in [0.25, 0.3) is 11.2 Å². The summed E-state index contributed by atoms with van der Waals surface area (Å²) in [6.07, 6.45) is 0.706. The molecule has 0 aliphatic carbocycles. The quantitative estimate of drug-likeness (QED) is 0.845. The Morgan fingerprint density at radius 3 is 2.43 bits per heavy atom. The normalized spacial score (nSPS) is 11.7. The van der Waals surface area contributed by atoms with Gasteiger partial charge in [0.25, 0.3) is 5.56 Å². The van der Waals surface area contributed by atoms with E-state index < -0.39 is 0 Å². The molecule has 7 nitrogen and oxygen atoms in total. The lowest BCUT2D eigenvalue weighted by Gasteiger charge is -2.12. The first-order valence-corrected chi connectivity index (χ1v) is 7.31. The fraction of sp³-hybridized carbons (Fsp3) is 0.643. The largest absolute Gasteiger partial charge is 0.332 e. The Bertz CT molecular complexity index is 766. The van der Waals surface area contributed by atoms with Crippen LogP contribution in [0.3, 0.4) is 0 Å². The number of aromatic nitrogens is 4. The molecule has 2 aromatic heterocycles. The van der Waals surface area contributed by atoms with Gasteiger partial charge < -0.3 is 10.3 Å². The number of hydrogen-bond acceptors (Lipinski definition) is 4. The Hall–Kier alpha value is -1.89. The van der Waals surface area contributed by atoms with E-state index in [1.165, 1.54) is 4.57 Å². The summed E-state index contributed by atoms with van der Waals surface area (Å²) in [5, 5.41) is 0. The summed E-state index contributed by atoms with van der Waals surface area (Å²) in [4.78, 5) is 29.6. The predicted octanol–water partition coefficient (Wildman–Crippen LogP) is 0.0738. The van der Waals surface area contributed by atoms with Crippen molar-refractivity contribution >= 4 is 11.2 Å². The van der Waals surface area contributed by atoms with Gasteiger partial charge in [0.05, 0.1) is 0 Å². The average Bonchev–Trinajstić information content (AvgIpc) is 2.76. The lowest BCUT2D eigenvalue weighted by Crippen LogP contribution is -2.42. The molecule has 2 N–H and O–H groups in total. The van der Waals surface area contributed by atoms with E-state index in [9.17, 15) is 9.59 Å². The molecule has 0 fully saturated rings. The molecule has 0 spiro atoms. The van der Waals surface area contributed by atoms with Crippen molar-refractivity contribution in [3.8, 4) is 0 Å². The van der Waals surface area contributed by atoms with Crippen LogP contribution in [0.4, 0.5) is 0 Å². The van der Waals surface area contributed by atoms with Gasteiger partial charge in [-0.15, -0.1) is 0 Å². The third-order valence-electron chi connectivity index (χ3n) is 3.55. The Labute approximate surface area is 123 Å². The van der Waals surface area contributed by atoms with Crippen molar-refractivity contribution < 1.29 is 0 Å². The highest BCUT2D eigenvalue weighted by Crippen LogP contribution is 2.11. The topological polar surface area (TPSA) is 87.8 Å². The van der Waals surface area contributed by atoms with Crippen LogP contribution in [-0.2, 0) is 26.6 Å². The number of nitrogens with zero attached hydrogens (tertiary/aromatic N) is 4. The maximum atomic E-state index is 12.6. The van der Waals surface area contributed by atoms with Crippen LogP contribution < -0.4 is 17.0 Å². The van der Waals surface area contributed by atoms with Crippen molar-refractivity contribution in [3.63, 3.8) is 0 Å². The number of aryl methyl sites for hydroxylation is 2. The molecule has 0 bridgehead atoms. The summed E-state index contributed by atoms with van der Waals surface area (Å²) in [5.74, 6) is 1.08. The van der Waals surface area contributed by atoms with Gasteiger partial charge in [-0.3, -0.25) is 13.9 Å². The molecule has 116 valence electrons. The molecule has 2 rings (SSSR count). The van der Waals surface area contributed by atoms with Gasteiger partial charge in [-0.1, -0.05) is 20.8 Å². The maximum absolute atomic E-state index is 12.6. The SMILES string of the molecule is CCc1nc2c(c(=O)n(CCN)c(=O)n2CC(C)C)n1C. The summed E-state index contributed by atoms with van der Waals surface area (Å²) in [7, 11) is 1.81. The smallest absolute Gasteiger partial charge is 0.329 e. The fourth-order valence-corrected chi connectivity index (χ4v) is 2.58. The number of imidazole rings is 1. The lowest BCUT2D eigenvalue weighted by molar-refractivity contribution is 0.488. The second-order valence-corrected chi connectivity index (χ2v) is 5.65. The van der Waals surface area contributed by atoms with Gasteiger partial charge in [0.1, 0.15) is 5.82 Å². The van der Waals surface area contributed by atoms with E-state index in [4.69, 9.17) is 5.73 Å². The second kappa shape index (κ2) is 5.85. The first kappa shape index (κ1) is 15.5. The Morgan fingerprint density at radius 1 is 1.24 bits per heavy atom. The van der Waals surface area contributed by atoms with Crippen LogP contribution in [0.1, 0.15) is 26.6 Å². The molecular formula is C14H23N5O2. The van der Waals surface area contributed by atoms with Crippen LogP contribution in [0, 0.1) is 5.92 Å². The van der Waals surface area contributed by atoms with Crippen LogP contribution in [-0.4, -0.2) is 25.2 Å². The van der Waals surface area contributed by atoms with E-state index in [0.717, 1.165) is 5.82 Å². The first-order chi connectivity index (χ1) is 9.92. The van der Waals surface area contributed by atoms with Crippen molar-refractivity contribution in [3.05, 3.63) is 26.7 Å². The highest BCUT2D eigenvalue weighted by atomic mass is 16.2. The molecule has 21 heavy (non-hydrogen) atoms. The molecular weight excluding hydrogens is 270 g/mol. The average molecular weight is 293 g/mol. The number of fused-ring (bicyclic) bond motifs is 1. The number of rotatable bonds is 5. The minimum Gasteiger partial charge on any atom is -0.329 e. The molecule has 0 atom stereocenters. The zero-order chi connectivity index (χ0) is 15.7. The zero-order valence-electron chi connectivity index (χ0n) is 13.1. The van der Waals surface area contributed by atoms with E-state index >= 15 is 0 Å². The van der Waals surface area contributed by atoms with Crippen LogP contribution in [0.5, 0.6) is 0 Å². The lowest BCUT2D eigenvalue weighted by atomic mass is 10.2. The van der Waals surface area contributed by atoms with E-state index in [1.54, 1.807) is 9.13 Å².